The third-order valence-corrected chi connectivity index (χ3v) is 2.63. The Balaban J connectivity index is 2.97. The minimum atomic E-state index is -0.776. The molecular weight excluding hydrogens is 302 g/mol. The molecule has 0 atom stereocenters. The van der Waals surface area contributed by atoms with E-state index in [1.807, 2.05) is 0 Å². The standard InChI is InChI=1S/C16H21NO6/c1-4-21-14-9-11(7-8-13(14)18)17-10-12(15(19)22-5-2)16(20)23-6-3/h7-10,17-18H,4-6H2,1-3H3. The third-order valence-electron chi connectivity index (χ3n) is 2.63. The molecule has 0 aliphatic carbocycles. The van der Waals surface area contributed by atoms with E-state index < -0.39 is 11.9 Å². The van der Waals surface area contributed by atoms with Gasteiger partial charge in [0.25, 0.3) is 0 Å². The molecule has 0 amide bonds. The molecule has 23 heavy (non-hydrogen) atoms. The second-order valence-electron chi connectivity index (χ2n) is 4.26. The summed E-state index contributed by atoms with van der Waals surface area (Å²) in [5.74, 6) is -1.26. The van der Waals surface area contributed by atoms with Crippen LogP contribution in [0.5, 0.6) is 11.5 Å². The van der Waals surface area contributed by atoms with E-state index in [-0.39, 0.29) is 24.5 Å². The Labute approximate surface area is 134 Å². The van der Waals surface area contributed by atoms with Gasteiger partial charge in [0.2, 0.25) is 0 Å². The van der Waals surface area contributed by atoms with Crippen LogP contribution < -0.4 is 10.1 Å². The Morgan fingerprint density at radius 1 is 1.09 bits per heavy atom. The number of phenols is 1. The van der Waals surface area contributed by atoms with Crippen LogP contribution in [0.2, 0.25) is 0 Å². The molecule has 1 aromatic carbocycles. The molecule has 7 heteroatoms. The molecule has 0 aliphatic rings. The Morgan fingerprint density at radius 2 is 1.70 bits per heavy atom. The van der Waals surface area contributed by atoms with Crippen molar-refractivity contribution in [3.63, 3.8) is 0 Å². The zero-order valence-electron chi connectivity index (χ0n) is 13.4. The van der Waals surface area contributed by atoms with Crippen molar-refractivity contribution in [3.05, 3.63) is 30.0 Å². The number of phenolic OH excluding ortho intramolecular Hbond substituents is 1. The van der Waals surface area contributed by atoms with E-state index in [0.717, 1.165) is 0 Å². The molecule has 0 spiro atoms. The number of benzene rings is 1. The van der Waals surface area contributed by atoms with Gasteiger partial charge < -0.3 is 24.6 Å². The van der Waals surface area contributed by atoms with Gasteiger partial charge in [0.05, 0.1) is 19.8 Å². The number of esters is 2. The van der Waals surface area contributed by atoms with Crippen LogP contribution in [0.4, 0.5) is 5.69 Å². The number of carbonyl (C=O) groups is 2. The van der Waals surface area contributed by atoms with Crippen molar-refractivity contribution in [1.29, 1.82) is 0 Å². The van der Waals surface area contributed by atoms with Gasteiger partial charge in [0.15, 0.2) is 17.1 Å². The van der Waals surface area contributed by atoms with E-state index >= 15 is 0 Å². The molecular formula is C16H21NO6. The third kappa shape index (κ3) is 5.54. The lowest BCUT2D eigenvalue weighted by Gasteiger charge is -2.10. The maximum absolute atomic E-state index is 11.8. The number of carbonyl (C=O) groups excluding carboxylic acids is 2. The molecule has 0 heterocycles. The van der Waals surface area contributed by atoms with E-state index in [0.29, 0.717) is 18.0 Å². The summed E-state index contributed by atoms with van der Waals surface area (Å²) in [7, 11) is 0. The zero-order valence-corrected chi connectivity index (χ0v) is 13.4. The molecule has 0 saturated carbocycles. The molecule has 0 bridgehead atoms. The molecule has 2 N–H and O–H groups in total. The van der Waals surface area contributed by atoms with Crippen LogP contribution in [0.15, 0.2) is 30.0 Å². The van der Waals surface area contributed by atoms with Gasteiger partial charge in [0.1, 0.15) is 0 Å². The van der Waals surface area contributed by atoms with E-state index in [1.54, 1.807) is 32.9 Å². The minimum absolute atomic E-state index is 0.00242. The summed E-state index contributed by atoms with van der Waals surface area (Å²) >= 11 is 0. The highest BCUT2D eigenvalue weighted by Gasteiger charge is 2.20. The van der Waals surface area contributed by atoms with Gasteiger partial charge in [-0.25, -0.2) is 9.59 Å². The molecule has 0 fully saturated rings. The number of hydrogen-bond acceptors (Lipinski definition) is 7. The summed E-state index contributed by atoms with van der Waals surface area (Å²) in [6, 6.07) is 4.56. The summed E-state index contributed by atoms with van der Waals surface area (Å²) in [4.78, 5) is 23.6. The average molecular weight is 323 g/mol. The minimum Gasteiger partial charge on any atom is -0.504 e. The first-order chi connectivity index (χ1) is 11.0. The Hall–Kier alpha value is -2.70. The van der Waals surface area contributed by atoms with Crippen molar-refractivity contribution in [2.45, 2.75) is 20.8 Å². The largest absolute Gasteiger partial charge is 0.504 e. The van der Waals surface area contributed by atoms with Crippen LogP contribution in [-0.4, -0.2) is 36.9 Å². The van der Waals surface area contributed by atoms with E-state index in [1.165, 1.54) is 12.3 Å². The maximum Gasteiger partial charge on any atom is 0.347 e. The number of nitrogens with one attached hydrogen (secondary N) is 1. The predicted molar refractivity (Wildman–Crippen MR) is 84.2 cm³/mol. The zero-order chi connectivity index (χ0) is 17.2. The van der Waals surface area contributed by atoms with Gasteiger partial charge in [-0.05, 0) is 32.9 Å². The van der Waals surface area contributed by atoms with Crippen LogP contribution in [0.1, 0.15) is 20.8 Å². The monoisotopic (exact) mass is 323 g/mol. The first-order valence-corrected chi connectivity index (χ1v) is 7.30. The van der Waals surface area contributed by atoms with Crippen LogP contribution in [0.3, 0.4) is 0 Å². The highest BCUT2D eigenvalue weighted by Crippen LogP contribution is 2.29. The lowest BCUT2D eigenvalue weighted by Crippen LogP contribution is -2.19. The van der Waals surface area contributed by atoms with Crippen LogP contribution >= 0.6 is 0 Å². The number of hydrogen-bond donors (Lipinski definition) is 2. The van der Waals surface area contributed by atoms with E-state index in [2.05, 4.69) is 5.32 Å². The molecule has 0 aromatic heterocycles. The molecule has 7 nitrogen and oxygen atoms in total. The summed E-state index contributed by atoms with van der Waals surface area (Å²) in [6.45, 7) is 5.75. The van der Waals surface area contributed by atoms with Crippen LogP contribution in [0.25, 0.3) is 0 Å². The van der Waals surface area contributed by atoms with Crippen LogP contribution in [-0.2, 0) is 19.1 Å². The Kier molecular flexibility index (Phi) is 7.45. The fourth-order valence-corrected chi connectivity index (χ4v) is 1.65. The Morgan fingerprint density at radius 3 is 2.22 bits per heavy atom. The quantitative estimate of drug-likeness (QED) is 0.249. The first kappa shape index (κ1) is 18.3. The average Bonchev–Trinajstić information content (AvgIpc) is 2.51. The van der Waals surface area contributed by atoms with Gasteiger partial charge in [-0.15, -0.1) is 0 Å². The van der Waals surface area contributed by atoms with Gasteiger partial charge in [-0.3, -0.25) is 0 Å². The predicted octanol–water partition coefficient (Wildman–Crippen LogP) is 2.21. The van der Waals surface area contributed by atoms with E-state index in [9.17, 15) is 14.7 Å². The topological polar surface area (TPSA) is 94.1 Å². The summed E-state index contributed by atoms with van der Waals surface area (Å²) in [5, 5.41) is 12.4. The summed E-state index contributed by atoms with van der Waals surface area (Å²) < 4.78 is 14.9. The van der Waals surface area contributed by atoms with Crippen molar-refractivity contribution >= 4 is 17.6 Å². The fourth-order valence-electron chi connectivity index (χ4n) is 1.65. The fraction of sp³-hybridized carbons (Fsp3) is 0.375. The highest BCUT2D eigenvalue weighted by atomic mass is 16.6. The maximum atomic E-state index is 11.8. The number of rotatable bonds is 8. The SMILES string of the molecule is CCOC(=O)C(=CNc1ccc(O)c(OCC)c1)C(=O)OCC. The molecule has 0 aliphatic heterocycles. The summed E-state index contributed by atoms with van der Waals surface area (Å²) in [5.41, 5.74) is 0.275. The second-order valence-corrected chi connectivity index (χ2v) is 4.26. The van der Waals surface area contributed by atoms with Gasteiger partial charge in [-0.2, -0.15) is 0 Å². The first-order valence-electron chi connectivity index (χ1n) is 7.30. The molecule has 1 aromatic rings. The number of ether oxygens (including phenoxy) is 3. The molecule has 1 rings (SSSR count). The lowest BCUT2D eigenvalue weighted by atomic mass is 10.2. The highest BCUT2D eigenvalue weighted by molar-refractivity contribution is 6.14. The van der Waals surface area contributed by atoms with Crippen molar-refractivity contribution in [1.82, 2.24) is 0 Å². The normalized spacial score (nSPS) is 9.70. The Bertz CT molecular complexity index is 562. The van der Waals surface area contributed by atoms with Gasteiger partial charge >= 0.3 is 11.9 Å². The summed E-state index contributed by atoms with van der Waals surface area (Å²) in [6.07, 6.45) is 1.21. The smallest absolute Gasteiger partial charge is 0.347 e. The van der Waals surface area contributed by atoms with Gasteiger partial charge in [-0.1, -0.05) is 0 Å². The van der Waals surface area contributed by atoms with Crippen molar-refractivity contribution in [2.24, 2.45) is 0 Å². The number of aromatic hydroxyl groups is 1. The lowest BCUT2D eigenvalue weighted by molar-refractivity contribution is -0.146. The van der Waals surface area contributed by atoms with Crippen molar-refractivity contribution in [3.8, 4) is 11.5 Å². The molecule has 0 unspecified atom stereocenters. The van der Waals surface area contributed by atoms with Crippen LogP contribution in [0, 0.1) is 0 Å². The molecule has 0 saturated heterocycles. The van der Waals surface area contributed by atoms with Gasteiger partial charge in [0, 0.05) is 18.0 Å². The van der Waals surface area contributed by atoms with E-state index in [4.69, 9.17) is 14.2 Å². The number of anilines is 1. The second kappa shape index (κ2) is 9.34. The van der Waals surface area contributed by atoms with Crippen molar-refractivity contribution in [2.75, 3.05) is 25.1 Å². The van der Waals surface area contributed by atoms with Crippen molar-refractivity contribution < 1.29 is 28.9 Å². The molecule has 126 valence electrons. The molecule has 0 radical (unpaired) electrons.